The van der Waals surface area contributed by atoms with Gasteiger partial charge in [0.15, 0.2) is 0 Å². The van der Waals surface area contributed by atoms with Crippen LogP contribution in [0.2, 0.25) is 0 Å². The van der Waals surface area contributed by atoms with Gasteiger partial charge in [-0.25, -0.2) is 0 Å². The Labute approximate surface area is 53.6 Å². The molecule has 7 heavy (non-hydrogen) atoms. The highest BCUT2D eigenvalue weighted by Gasteiger charge is 1.74. The van der Waals surface area contributed by atoms with Crippen LogP contribution in [0.3, 0.4) is 0 Å². The Bertz CT molecular complexity index is 112. The van der Waals surface area contributed by atoms with Crippen molar-refractivity contribution in [1.29, 1.82) is 0 Å². The number of thiophene rings is 1. The van der Waals surface area contributed by atoms with Gasteiger partial charge in [0.1, 0.15) is 0 Å². The highest BCUT2D eigenvalue weighted by molar-refractivity contribution is 7.10. The van der Waals surface area contributed by atoms with Crippen molar-refractivity contribution in [3.05, 3.63) is 29.3 Å². The first-order chi connectivity index (χ1) is 2.89. The summed E-state index contributed by atoms with van der Waals surface area (Å²) in [7, 11) is 0. The fourth-order valence-electron chi connectivity index (χ4n) is 0.313. The maximum atomic E-state index is 3.70. The van der Waals surface area contributed by atoms with Gasteiger partial charge in [0.25, 0.3) is 0 Å². The summed E-state index contributed by atoms with van der Waals surface area (Å²) in [5, 5.41) is 2.02. The molecular formula is C5H6ClS. The van der Waals surface area contributed by atoms with Crippen LogP contribution in [0.1, 0.15) is 4.88 Å². The van der Waals surface area contributed by atoms with E-state index in [1.807, 2.05) is 17.5 Å². The number of hydrogen-bond acceptors (Lipinski definition) is 1. The van der Waals surface area contributed by atoms with E-state index in [-0.39, 0.29) is 12.4 Å². The molecule has 0 saturated carbocycles. The molecule has 0 unspecified atom stereocenters. The normalized spacial score (nSPS) is 7.57. The lowest BCUT2D eigenvalue weighted by molar-refractivity contribution is 1.89. The first-order valence-corrected chi connectivity index (χ1v) is 2.63. The lowest BCUT2D eigenvalue weighted by atomic mass is 10.5. The van der Waals surface area contributed by atoms with E-state index in [0.29, 0.717) is 0 Å². The van der Waals surface area contributed by atoms with Crippen LogP contribution < -0.4 is 0 Å². The minimum absolute atomic E-state index is 0. The smallest absolute Gasteiger partial charge is 0.00488 e. The summed E-state index contributed by atoms with van der Waals surface area (Å²) in [6, 6.07) is 3.98. The summed E-state index contributed by atoms with van der Waals surface area (Å²) in [5.74, 6) is 0. The molecule has 0 aromatic carbocycles. The molecule has 0 bridgehead atoms. The highest BCUT2D eigenvalue weighted by atomic mass is 35.5. The molecule has 0 nitrogen and oxygen atoms in total. The van der Waals surface area contributed by atoms with Gasteiger partial charge >= 0.3 is 0 Å². The number of halogens is 1. The second kappa shape index (κ2) is 3.05. The van der Waals surface area contributed by atoms with Crippen molar-refractivity contribution in [2.75, 3.05) is 0 Å². The largest absolute Gasteiger partial charge is 0.149 e. The zero-order chi connectivity index (χ0) is 4.41. The molecular weight excluding hydrogens is 128 g/mol. The molecule has 1 aromatic rings. The van der Waals surface area contributed by atoms with Crippen molar-refractivity contribution in [2.24, 2.45) is 0 Å². The fraction of sp³-hybridized carbons (Fsp3) is 0. The third-order valence-electron chi connectivity index (χ3n) is 0.580. The number of rotatable bonds is 0. The third kappa shape index (κ3) is 1.95. The molecule has 0 amide bonds. The van der Waals surface area contributed by atoms with Gasteiger partial charge in [-0.15, -0.1) is 23.7 Å². The predicted molar refractivity (Wildman–Crippen MR) is 36.0 cm³/mol. The van der Waals surface area contributed by atoms with Crippen LogP contribution in [0.5, 0.6) is 0 Å². The molecule has 2 heteroatoms. The van der Waals surface area contributed by atoms with E-state index in [0.717, 1.165) is 4.88 Å². The molecule has 0 fully saturated rings. The molecule has 0 aliphatic heterocycles. The summed E-state index contributed by atoms with van der Waals surface area (Å²) >= 11 is 1.67. The predicted octanol–water partition coefficient (Wildman–Crippen LogP) is 2.35. The second-order valence-electron chi connectivity index (χ2n) is 1.08. The molecule has 1 aromatic heterocycles. The zero-order valence-electron chi connectivity index (χ0n) is 3.76. The average Bonchev–Trinajstić information content (AvgIpc) is 1.86. The average molecular weight is 134 g/mol. The molecule has 1 radical (unpaired) electrons. The second-order valence-corrected chi connectivity index (χ2v) is 2.11. The van der Waals surface area contributed by atoms with Crippen LogP contribution in [-0.2, 0) is 0 Å². The zero-order valence-corrected chi connectivity index (χ0v) is 5.39. The van der Waals surface area contributed by atoms with Crippen LogP contribution >= 0.6 is 23.7 Å². The van der Waals surface area contributed by atoms with Gasteiger partial charge in [0.2, 0.25) is 0 Å². The standard InChI is InChI=1S/C5H5S.ClH/c1-5-3-2-4-6-5;/h2-4H,1H2;1H. The summed E-state index contributed by atoms with van der Waals surface area (Å²) < 4.78 is 0. The summed E-state index contributed by atoms with van der Waals surface area (Å²) in [5.41, 5.74) is 0. The summed E-state index contributed by atoms with van der Waals surface area (Å²) in [6.07, 6.45) is 0. The van der Waals surface area contributed by atoms with E-state index < -0.39 is 0 Å². The minimum atomic E-state index is 0. The van der Waals surface area contributed by atoms with Crippen molar-refractivity contribution in [3.63, 3.8) is 0 Å². The molecule has 1 rings (SSSR count). The van der Waals surface area contributed by atoms with Gasteiger partial charge < -0.3 is 0 Å². The molecule has 0 aliphatic rings. The molecule has 1 heterocycles. The SMILES string of the molecule is Cl.[CH2]c1cccs1. The highest BCUT2D eigenvalue weighted by Crippen LogP contribution is 2.03. The van der Waals surface area contributed by atoms with Crippen LogP contribution in [0.25, 0.3) is 0 Å². The fourth-order valence-corrected chi connectivity index (χ4v) is 0.802. The van der Waals surface area contributed by atoms with E-state index >= 15 is 0 Å². The quantitative estimate of drug-likeness (QED) is 0.510. The Balaban J connectivity index is 0.000000360. The van der Waals surface area contributed by atoms with E-state index in [2.05, 4.69) is 6.92 Å². The molecule has 0 atom stereocenters. The van der Waals surface area contributed by atoms with Gasteiger partial charge in [0, 0.05) is 4.88 Å². The van der Waals surface area contributed by atoms with Gasteiger partial charge in [-0.1, -0.05) is 6.07 Å². The Morgan fingerprint density at radius 2 is 2.29 bits per heavy atom. The maximum Gasteiger partial charge on any atom is 0.00488 e. The minimum Gasteiger partial charge on any atom is -0.149 e. The first-order valence-electron chi connectivity index (χ1n) is 1.75. The van der Waals surface area contributed by atoms with Gasteiger partial charge in [0.05, 0.1) is 0 Å². The molecule has 0 N–H and O–H groups in total. The monoisotopic (exact) mass is 133 g/mol. The molecule has 39 valence electrons. The van der Waals surface area contributed by atoms with Crippen molar-refractivity contribution in [1.82, 2.24) is 0 Å². The van der Waals surface area contributed by atoms with Gasteiger partial charge in [-0.2, -0.15) is 0 Å². The van der Waals surface area contributed by atoms with Crippen LogP contribution in [0.15, 0.2) is 17.5 Å². The van der Waals surface area contributed by atoms with Crippen molar-refractivity contribution < 1.29 is 0 Å². The number of hydrogen-bond donors (Lipinski definition) is 0. The van der Waals surface area contributed by atoms with Crippen LogP contribution in [0.4, 0.5) is 0 Å². The van der Waals surface area contributed by atoms with Gasteiger partial charge in [-0.3, -0.25) is 0 Å². The lowest BCUT2D eigenvalue weighted by Gasteiger charge is -1.65. The van der Waals surface area contributed by atoms with E-state index in [4.69, 9.17) is 0 Å². The Hall–Kier alpha value is -0.0100. The lowest BCUT2D eigenvalue weighted by Crippen LogP contribution is -1.43. The van der Waals surface area contributed by atoms with E-state index in [1.165, 1.54) is 0 Å². The maximum absolute atomic E-state index is 3.70. The first kappa shape index (κ1) is 6.99. The summed E-state index contributed by atoms with van der Waals surface area (Å²) in [4.78, 5) is 1.13. The van der Waals surface area contributed by atoms with Crippen LogP contribution in [-0.4, -0.2) is 0 Å². The van der Waals surface area contributed by atoms with Crippen molar-refractivity contribution >= 4 is 23.7 Å². The van der Waals surface area contributed by atoms with E-state index in [1.54, 1.807) is 11.3 Å². The Morgan fingerprint density at radius 1 is 1.57 bits per heavy atom. The molecule has 0 spiro atoms. The van der Waals surface area contributed by atoms with Crippen LogP contribution in [0, 0.1) is 6.92 Å². The van der Waals surface area contributed by atoms with Crippen molar-refractivity contribution in [3.8, 4) is 0 Å². The Kier molecular flexibility index (Phi) is 3.05. The third-order valence-corrected chi connectivity index (χ3v) is 1.31. The molecule has 0 aliphatic carbocycles. The van der Waals surface area contributed by atoms with Crippen molar-refractivity contribution in [2.45, 2.75) is 0 Å². The van der Waals surface area contributed by atoms with Gasteiger partial charge in [-0.05, 0) is 18.4 Å². The summed E-state index contributed by atoms with van der Waals surface area (Å²) in [6.45, 7) is 3.70. The molecule has 0 saturated heterocycles. The topological polar surface area (TPSA) is 0 Å². The Morgan fingerprint density at radius 3 is 2.43 bits per heavy atom. The van der Waals surface area contributed by atoms with E-state index in [9.17, 15) is 0 Å².